The highest BCUT2D eigenvalue weighted by atomic mass is 15.2. The van der Waals surface area contributed by atoms with Crippen molar-refractivity contribution in [2.45, 2.75) is 0 Å². The van der Waals surface area contributed by atoms with E-state index in [1.807, 2.05) is 42.6 Å². The number of fused-ring (bicyclic) bond motifs is 5. The van der Waals surface area contributed by atoms with Gasteiger partial charge in [-0.2, -0.15) is 5.10 Å². The standard InChI is InChI=1S/C12H8BN5/c13-10-12-16-7-3-1-2-4-9(7)18(12)11-8(15-10)5-6-14-17-11/h1-6H,13H2. The van der Waals surface area contributed by atoms with Gasteiger partial charge >= 0.3 is 0 Å². The summed E-state index contributed by atoms with van der Waals surface area (Å²) in [5.74, 6) is 0. The molecule has 0 aliphatic rings. The van der Waals surface area contributed by atoms with Gasteiger partial charge in [0.1, 0.15) is 5.52 Å². The maximum atomic E-state index is 4.60. The van der Waals surface area contributed by atoms with Crippen LogP contribution in [0.3, 0.4) is 0 Å². The van der Waals surface area contributed by atoms with Crippen molar-refractivity contribution in [1.82, 2.24) is 24.6 Å². The van der Waals surface area contributed by atoms with Gasteiger partial charge < -0.3 is 0 Å². The molecule has 0 aliphatic heterocycles. The van der Waals surface area contributed by atoms with Crippen LogP contribution in [0.4, 0.5) is 0 Å². The number of aromatic nitrogens is 5. The van der Waals surface area contributed by atoms with Crippen molar-refractivity contribution in [1.29, 1.82) is 0 Å². The second kappa shape index (κ2) is 3.26. The summed E-state index contributed by atoms with van der Waals surface area (Å²) in [6.45, 7) is 0. The molecule has 0 bridgehead atoms. The zero-order valence-electron chi connectivity index (χ0n) is 9.70. The molecule has 0 saturated heterocycles. The Morgan fingerprint density at radius 2 is 1.83 bits per heavy atom. The van der Waals surface area contributed by atoms with Crippen molar-refractivity contribution in [2.24, 2.45) is 0 Å². The number of hydrogen-bond acceptors (Lipinski definition) is 4. The molecule has 0 aliphatic carbocycles. The Bertz CT molecular complexity index is 899. The van der Waals surface area contributed by atoms with Gasteiger partial charge in [0, 0.05) is 5.59 Å². The maximum absolute atomic E-state index is 4.60. The summed E-state index contributed by atoms with van der Waals surface area (Å²) in [6, 6.07) is 9.86. The summed E-state index contributed by atoms with van der Waals surface area (Å²) in [6.07, 6.45) is 1.65. The number of rotatable bonds is 0. The minimum atomic E-state index is 0.742. The fraction of sp³-hybridized carbons (Fsp3) is 0. The van der Waals surface area contributed by atoms with Crippen LogP contribution in [0.2, 0.25) is 0 Å². The Morgan fingerprint density at radius 1 is 0.944 bits per heavy atom. The van der Waals surface area contributed by atoms with Crippen LogP contribution in [0, 0.1) is 0 Å². The lowest BCUT2D eigenvalue weighted by molar-refractivity contribution is 1.03. The molecule has 0 spiro atoms. The summed E-state index contributed by atoms with van der Waals surface area (Å²) in [5.41, 5.74) is 5.28. The first-order valence-electron chi connectivity index (χ1n) is 5.70. The van der Waals surface area contributed by atoms with Gasteiger partial charge in [-0.1, -0.05) is 12.1 Å². The zero-order valence-corrected chi connectivity index (χ0v) is 9.70. The molecule has 3 aromatic heterocycles. The first-order chi connectivity index (χ1) is 8.84. The zero-order chi connectivity index (χ0) is 12.1. The van der Waals surface area contributed by atoms with E-state index in [4.69, 9.17) is 0 Å². The second-order valence-electron chi connectivity index (χ2n) is 4.20. The quantitative estimate of drug-likeness (QED) is 0.404. The first kappa shape index (κ1) is 9.53. The molecule has 4 aromatic rings. The smallest absolute Gasteiger partial charge is 0.187 e. The van der Waals surface area contributed by atoms with E-state index in [1.165, 1.54) is 0 Å². The van der Waals surface area contributed by atoms with Crippen LogP contribution in [0.5, 0.6) is 0 Å². The van der Waals surface area contributed by atoms with E-state index in [1.54, 1.807) is 6.20 Å². The molecular formula is C12H8BN5. The lowest BCUT2D eigenvalue weighted by Crippen LogP contribution is -2.14. The summed E-state index contributed by atoms with van der Waals surface area (Å²) in [7, 11) is 1.96. The van der Waals surface area contributed by atoms with Crippen molar-refractivity contribution in [2.75, 3.05) is 0 Å². The third-order valence-electron chi connectivity index (χ3n) is 3.06. The second-order valence-corrected chi connectivity index (χ2v) is 4.20. The minimum absolute atomic E-state index is 0.742. The fourth-order valence-corrected chi connectivity index (χ4v) is 2.28. The molecule has 0 saturated carbocycles. The third-order valence-corrected chi connectivity index (χ3v) is 3.06. The van der Waals surface area contributed by atoms with E-state index in [0.29, 0.717) is 0 Å². The van der Waals surface area contributed by atoms with Gasteiger partial charge in [-0.05, 0) is 18.2 Å². The Labute approximate surface area is 103 Å². The van der Waals surface area contributed by atoms with Crippen LogP contribution < -0.4 is 5.59 Å². The number of nitrogens with zero attached hydrogens (tertiary/aromatic N) is 5. The summed E-state index contributed by atoms with van der Waals surface area (Å²) >= 11 is 0. The number of imidazole rings is 1. The van der Waals surface area contributed by atoms with Crippen LogP contribution in [-0.4, -0.2) is 32.4 Å². The van der Waals surface area contributed by atoms with Crippen molar-refractivity contribution in [3.05, 3.63) is 36.5 Å². The van der Waals surface area contributed by atoms with Crippen molar-refractivity contribution in [3.63, 3.8) is 0 Å². The maximum Gasteiger partial charge on any atom is 0.187 e. The fourth-order valence-electron chi connectivity index (χ4n) is 2.28. The van der Waals surface area contributed by atoms with Crippen LogP contribution in [0.25, 0.3) is 27.8 Å². The predicted molar refractivity (Wildman–Crippen MR) is 71.8 cm³/mol. The third kappa shape index (κ3) is 1.12. The lowest BCUT2D eigenvalue weighted by atomic mass is 10.1. The number of benzene rings is 1. The molecule has 0 unspecified atom stereocenters. The Morgan fingerprint density at radius 3 is 2.78 bits per heavy atom. The van der Waals surface area contributed by atoms with E-state index in [0.717, 1.165) is 33.4 Å². The van der Waals surface area contributed by atoms with E-state index >= 15 is 0 Å². The molecule has 4 rings (SSSR count). The van der Waals surface area contributed by atoms with Crippen molar-refractivity contribution < 1.29 is 0 Å². The molecule has 1 aromatic carbocycles. The highest BCUT2D eigenvalue weighted by Crippen LogP contribution is 2.18. The monoisotopic (exact) mass is 233 g/mol. The van der Waals surface area contributed by atoms with Crippen molar-refractivity contribution >= 4 is 41.3 Å². The van der Waals surface area contributed by atoms with Gasteiger partial charge in [0.2, 0.25) is 0 Å². The van der Waals surface area contributed by atoms with Gasteiger partial charge in [-0.25, -0.2) is 4.98 Å². The van der Waals surface area contributed by atoms with Gasteiger partial charge in [0.05, 0.1) is 17.2 Å². The Balaban J connectivity index is 2.41. The first-order valence-corrected chi connectivity index (χ1v) is 5.70. The lowest BCUT2D eigenvalue weighted by Gasteiger charge is -2.02. The number of para-hydroxylation sites is 2. The summed E-state index contributed by atoms with van der Waals surface area (Å²) in [4.78, 5) is 9.11. The highest BCUT2D eigenvalue weighted by molar-refractivity contribution is 6.35. The van der Waals surface area contributed by atoms with E-state index < -0.39 is 0 Å². The topological polar surface area (TPSA) is 56.0 Å². The van der Waals surface area contributed by atoms with Crippen LogP contribution >= 0.6 is 0 Å². The van der Waals surface area contributed by atoms with Gasteiger partial charge in [0.15, 0.2) is 19.1 Å². The molecule has 0 atom stereocenters. The van der Waals surface area contributed by atoms with Gasteiger partial charge in [0.25, 0.3) is 0 Å². The largest absolute Gasteiger partial charge is 0.273 e. The molecular weight excluding hydrogens is 225 g/mol. The SMILES string of the molecule is Bc1nc2ccnnc2n2c1nc1ccccc12. The summed E-state index contributed by atoms with van der Waals surface area (Å²) < 4.78 is 2.01. The molecule has 5 nitrogen and oxygen atoms in total. The molecule has 3 heterocycles. The molecule has 0 amide bonds. The predicted octanol–water partition coefficient (Wildman–Crippen LogP) is 0.0841. The van der Waals surface area contributed by atoms with Gasteiger partial charge in [-0.15, -0.1) is 5.10 Å². The highest BCUT2D eigenvalue weighted by Gasteiger charge is 2.11. The Kier molecular flexibility index (Phi) is 1.72. The van der Waals surface area contributed by atoms with Crippen LogP contribution in [0.15, 0.2) is 36.5 Å². The molecule has 18 heavy (non-hydrogen) atoms. The van der Waals surface area contributed by atoms with E-state index in [9.17, 15) is 0 Å². The number of hydrogen-bond donors (Lipinski definition) is 0. The minimum Gasteiger partial charge on any atom is -0.273 e. The van der Waals surface area contributed by atoms with E-state index in [-0.39, 0.29) is 0 Å². The summed E-state index contributed by atoms with van der Waals surface area (Å²) in [5, 5.41) is 8.12. The molecule has 84 valence electrons. The molecule has 6 heteroatoms. The average molecular weight is 233 g/mol. The Hall–Kier alpha value is -2.50. The van der Waals surface area contributed by atoms with Crippen LogP contribution in [0.1, 0.15) is 0 Å². The molecule has 0 N–H and O–H groups in total. The molecule has 0 fully saturated rings. The van der Waals surface area contributed by atoms with Crippen LogP contribution in [-0.2, 0) is 0 Å². The van der Waals surface area contributed by atoms with E-state index in [2.05, 4.69) is 20.2 Å². The average Bonchev–Trinajstić information content (AvgIpc) is 2.79. The van der Waals surface area contributed by atoms with Crippen molar-refractivity contribution in [3.8, 4) is 0 Å². The normalized spacial score (nSPS) is 11.6. The van der Waals surface area contributed by atoms with Gasteiger partial charge in [-0.3, -0.25) is 9.38 Å². The molecule has 0 radical (unpaired) electrons.